The molecule has 3 unspecified atom stereocenters. The molecule has 0 aromatic heterocycles. The van der Waals surface area contributed by atoms with Crippen LogP contribution in [0.15, 0.2) is 24.3 Å². The van der Waals surface area contributed by atoms with Gasteiger partial charge in [0.15, 0.2) is 0 Å². The van der Waals surface area contributed by atoms with E-state index < -0.39 is 11.5 Å². The number of nitrogens with zero attached hydrogens (tertiary/aromatic N) is 1. The van der Waals surface area contributed by atoms with Crippen LogP contribution < -0.4 is 21.4 Å². The van der Waals surface area contributed by atoms with E-state index in [0.717, 1.165) is 5.56 Å². The predicted octanol–water partition coefficient (Wildman–Crippen LogP) is 0.0180. The van der Waals surface area contributed by atoms with Gasteiger partial charge in [0, 0.05) is 18.1 Å². The Balaban J connectivity index is 1.50. The molecule has 2 amide bonds. The lowest BCUT2D eigenvalue weighted by atomic mass is 10.1. The van der Waals surface area contributed by atoms with Gasteiger partial charge in [-0.2, -0.15) is 0 Å². The van der Waals surface area contributed by atoms with E-state index >= 15 is 0 Å². The maximum atomic E-state index is 12.5. The summed E-state index contributed by atoms with van der Waals surface area (Å²) in [6.07, 6.45) is -0.206. The number of fused-ring (bicyclic) bond motifs is 1. The second kappa shape index (κ2) is 10.3. The molecule has 158 valence electrons. The Bertz CT molecular complexity index is 768. The third-order valence-electron chi connectivity index (χ3n) is 4.52. The zero-order chi connectivity index (χ0) is 20.8. The topological polar surface area (TPSA) is 112 Å². The molecule has 0 spiro atoms. The molecule has 1 aromatic carbocycles. The van der Waals surface area contributed by atoms with E-state index in [4.69, 9.17) is 16.3 Å². The van der Waals surface area contributed by atoms with Crippen LogP contribution in [0.5, 0.6) is 0 Å². The monoisotopic (exact) mass is 441 g/mol. The van der Waals surface area contributed by atoms with E-state index in [2.05, 4.69) is 21.4 Å². The number of hydrazine groups is 1. The standard InChI is InChI=1S/C18H24ClN5O4S/c1-2-28-15(26)8-20-14(25)10-29-18-22-16-13(17(27)23-18)7-21-24(16)9-11-4-3-5-12(19)6-11/h3-6,13,16,18,21-22H,2,7-10H2,1H3,(H,20,25)(H,23,27). The van der Waals surface area contributed by atoms with Gasteiger partial charge in [-0.05, 0) is 24.6 Å². The molecule has 11 heteroatoms. The molecular formula is C18H24ClN5O4S. The van der Waals surface area contributed by atoms with Gasteiger partial charge >= 0.3 is 5.97 Å². The van der Waals surface area contributed by atoms with Gasteiger partial charge in [-0.3, -0.25) is 25.1 Å². The van der Waals surface area contributed by atoms with Crippen LogP contribution in [-0.2, 0) is 25.7 Å². The number of nitrogens with one attached hydrogen (secondary N) is 4. The maximum Gasteiger partial charge on any atom is 0.325 e. The molecule has 1 aromatic rings. The lowest BCUT2D eigenvalue weighted by molar-refractivity contribution is -0.143. The van der Waals surface area contributed by atoms with E-state index in [1.807, 2.05) is 29.3 Å². The average molecular weight is 442 g/mol. The van der Waals surface area contributed by atoms with Crippen molar-refractivity contribution in [1.29, 1.82) is 0 Å². The Morgan fingerprint density at radius 2 is 2.24 bits per heavy atom. The zero-order valence-corrected chi connectivity index (χ0v) is 17.5. The van der Waals surface area contributed by atoms with E-state index in [1.54, 1.807) is 6.92 Å². The number of carbonyl (C=O) groups is 3. The molecule has 29 heavy (non-hydrogen) atoms. The molecule has 4 N–H and O–H groups in total. The maximum absolute atomic E-state index is 12.5. The minimum absolute atomic E-state index is 0.0701. The number of benzene rings is 1. The predicted molar refractivity (Wildman–Crippen MR) is 109 cm³/mol. The molecule has 3 atom stereocenters. The summed E-state index contributed by atoms with van der Waals surface area (Å²) in [7, 11) is 0. The van der Waals surface area contributed by atoms with Gasteiger partial charge in [0.2, 0.25) is 11.8 Å². The molecular weight excluding hydrogens is 418 g/mol. The highest BCUT2D eigenvalue weighted by atomic mass is 35.5. The molecule has 0 aliphatic carbocycles. The number of hydrogen-bond donors (Lipinski definition) is 4. The summed E-state index contributed by atoms with van der Waals surface area (Å²) in [6, 6.07) is 7.57. The Kier molecular flexibility index (Phi) is 7.73. The van der Waals surface area contributed by atoms with E-state index in [-0.39, 0.29) is 42.8 Å². The van der Waals surface area contributed by atoms with Crippen LogP contribution in [0.25, 0.3) is 0 Å². The molecule has 0 radical (unpaired) electrons. The first kappa shape index (κ1) is 21.8. The third-order valence-corrected chi connectivity index (χ3v) is 5.77. The zero-order valence-electron chi connectivity index (χ0n) is 15.9. The fourth-order valence-corrected chi connectivity index (χ4v) is 4.26. The molecule has 2 heterocycles. The highest BCUT2D eigenvalue weighted by Crippen LogP contribution is 2.24. The quantitative estimate of drug-likeness (QED) is 0.418. The van der Waals surface area contributed by atoms with Crippen molar-refractivity contribution >= 4 is 41.1 Å². The minimum atomic E-state index is -0.480. The van der Waals surface area contributed by atoms with Gasteiger partial charge in [0.05, 0.1) is 24.4 Å². The molecule has 2 aliphatic heterocycles. The summed E-state index contributed by atoms with van der Waals surface area (Å²) in [5.41, 5.74) is 3.87. The van der Waals surface area contributed by atoms with Crippen LogP contribution in [0.1, 0.15) is 12.5 Å². The number of esters is 1. The number of thioether (sulfide) groups is 1. The summed E-state index contributed by atoms with van der Waals surface area (Å²) in [5.74, 6) is -0.993. The van der Waals surface area contributed by atoms with Gasteiger partial charge in [-0.1, -0.05) is 23.7 Å². The van der Waals surface area contributed by atoms with Crippen molar-refractivity contribution in [3.8, 4) is 0 Å². The van der Waals surface area contributed by atoms with E-state index in [1.165, 1.54) is 11.8 Å². The Morgan fingerprint density at radius 3 is 3.00 bits per heavy atom. The van der Waals surface area contributed by atoms with Crippen molar-refractivity contribution in [1.82, 2.24) is 26.4 Å². The number of halogens is 1. The normalized spacial score (nSPS) is 23.9. The summed E-state index contributed by atoms with van der Waals surface area (Å²) < 4.78 is 4.77. The van der Waals surface area contributed by atoms with Crippen LogP contribution in [0, 0.1) is 5.92 Å². The van der Waals surface area contributed by atoms with Gasteiger partial charge in [0.25, 0.3) is 0 Å². The molecule has 2 saturated heterocycles. The number of hydrogen-bond acceptors (Lipinski definition) is 8. The minimum Gasteiger partial charge on any atom is -0.465 e. The van der Waals surface area contributed by atoms with Crippen molar-refractivity contribution in [3.05, 3.63) is 34.9 Å². The summed E-state index contributed by atoms with van der Waals surface area (Å²) in [4.78, 5) is 35.7. The summed E-state index contributed by atoms with van der Waals surface area (Å²) in [5, 5.41) is 11.4. The highest BCUT2D eigenvalue weighted by molar-refractivity contribution is 8.00. The van der Waals surface area contributed by atoms with Crippen molar-refractivity contribution in [2.24, 2.45) is 5.92 Å². The number of rotatable bonds is 8. The van der Waals surface area contributed by atoms with Crippen molar-refractivity contribution in [2.45, 2.75) is 25.1 Å². The molecule has 3 rings (SSSR count). The molecule has 0 bridgehead atoms. The summed E-state index contributed by atoms with van der Waals surface area (Å²) in [6.45, 7) is 2.91. The van der Waals surface area contributed by atoms with Crippen LogP contribution in [0.4, 0.5) is 0 Å². The van der Waals surface area contributed by atoms with E-state index in [9.17, 15) is 14.4 Å². The largest absolute Gasteiger partial charge is 0.465 e. The fraction of sp³-hybridized carbons (Fsp3) is 0.500. The number of carbonyl (C=O) groups excluding carboxylic acids is 3. The van der Waals surface area contributed by atoms with Crippen molar-refractivity contribution in [3.63, 3.8) is 0 Å². The highest BCUT2D eigenvalue weighted by Gasteiger charge is 2.43. The number of ether oxygens (including phenoxy) is 1. The molecule has 2 aliphatic rings. The first-order valence-electron chi connectivity index (χ1n) is 9.31. The fourth-order valence-electron chi connectivity index (χ4n) is 3.19. The van der Waals surface area contributed by atoms with Crippen molar-refractivity contribution in [2.75, 3.05) is 25.4 Å². The smallest absolute Gasteiger partial charge is 0.325 e. The first-order valence-corrected chi connectivity index (χ1v) is 10.7. The molecule has 9 nitrogen and oxygen atoms in total. The van der Waals surface area contributed by atoms with Gasteiger partial charge < -0.3 is 15.4 Å². The van der Waals surface area contributed by atoms with Crippen LogP contribution in [0.3, 0.4) is 0 Å². The SMILES string of the molecule is CCOC(=O)CNC(=O)CSC1NC(=O)C2CNN(Cc3cccc(Cl)c3)C2N1. The molecule has 0 saturated carbocycles. The van der Waals surface area contributed by atoms with Gasteiger partial charge in [-0.25, -0.2) is 5.01 Å². The van der Waals surface area contributed by atoms with Gasteiger partial charge in [0.1, 0.15) is 12.0 Å². The Hall–Kier alpha value is -1.85. The van der Waals surface area contributed by atoms with Gasteiger partial charge in [-0.15, -0.1) is 11.8 Å². The lowest BCUT2D eigenvalue weighted by Crippen LogP contribution is -2.62. The Labute approximate surface area is 178 Å². The first-order chi connectivity index (χ1) is 14.0. The second-order valence-corrected chi connectivity index (χ2v) is 8.15. The van der Waals surface area contributed by atoms with Crippen molar-refractivity contribution < 1.29 is 19.1 Å². The van der Waals surface area contributed by atoms with Crippen LogP contribution in [0.2, 0.25) is 5.02 Å². The summed E-state index contributed by atoms with van der Waals surface area (Å²) >= 11 is 7.31. The molecule has 2 fully saturated rings. The van der Waals surface area contributed by atoms with Crippen LogP contribution in [-0.4, -0.2) is 59.9 Å². The third kappa shape index (κ3) is 6.06. The van der Waals surface area contributed by atoms with Crippen LogP contribution >= 0.6 is 23.4 Å². The number of amides is 2. The second-order valence-electron chi connectivity index (χ2n) is 6.62. The Morgan fingerprint density at radius 1 is 1.41 bits per heavy atom. The van der Waals surface area contributed by atoms with E-state index in [0.29, 0.717) is 18.1 Å². The lowest BCUT2D eigenvalue weighted by Gasteiger charge is -2.36. The average Bonchev–Trinajstić information content (AvgIpc) is 3.08.